The molecule has 3 unspecified atom stereocenters. The van der Waals surface area contributed by atoms with Crippen LogP contribution in [0.25, 0.3) is 11.3 Å². The Labute approximate surface area is 194 Å². The molecule has 9 nitrogen and oxygen atoms in total. The number of fused-ring (bicyclic) bond motifs is 3. The molecule has 3 aliphatic heterocycles. The summed E-state index contributed by atoms with van der Waals surface area (Å²) in [7, 11) is 0. The molecule has 172 valence electrons. The summed E-state index contributed by atoms with van der Waals surface area (Å²) in [5, 5.41) is 7.77. The van der Waals surface area contributed by atoms with Crippen LogP contribution in [0.2, 0.25) is 0 Å². The van der Waals surface area contributed by atoms with Crippen molar-refractivity contribution in [1.29, 1.82) is 0 Å². The quantitative estimate of drug-likeness (QED) is 0.719. The van der Waals surface area contributed by atoms with Crippen molar-refractivity contribution in [2.45, 2.75) is 50.7 Å². The molecular formula is C23H24N4O5S. The van der Waals surface area contributed by atoms with Crippen LogP contribution in [0.15, 0.2) is 33.8 Å². The molecule has 0 bridgehead atoms. The topological polar surface area (TPSA) is 106 Å². The molecule has 1 N–H and O–H groups in total. The number of nitrogens with zero attached hydrogens (tertiary/aromatic N) is 3. The maximum absolute atomic E-state index is 13.1. The van der Waals surface area contributed by atoms with Crippen molar-refractivity contribution in [2.75, 3.05) is 12.5 Å². The molecule has 1 saturated carbocycles. The number of amidine groups is 1. The van der Waals surface area contributed by atoms with Gasteiger partial charge in [0.1, 0.15) is 5.69 Å². The van der Waals surface area contributed by atoms with Crippen LogP contribution in [0, 0.1) is 5.92 Å². The summed E-state index contributed by atoms with van der Waals surface area (Å²) in [6, 6.07) is 7.32. The lowest BCUT2D eigenvalue weighted by atomic mass is 9.83. The highest BCUT2D eigenvalue weighted by atomic mass is 32.2. The van der Waals surface area contributed by atoms with Gasteiger partial charge < -0.3 is 19.3 Å². The first-order valence-electron chi connectivity index (χ1n) is 11.3. The number of benzene rings is 1. The summed E-state index contributed by atoms with van der Waals surface area (Å²) in [5.74, 6) is 2.68. The van der Waals surface area contributed by atoms with Crippen LogP contribution in [0.4, 0.5) is 0 Å². The van der Waals surface area contributed by atoms with Gasteiger partial charge in [0.25, 0.3) is 0 Å². The highest BCUT2D eigenvalue weighted by Gasteiger charge is 2.45. The van der Waals surface area contributed by atoms with Gasteiger partial charge in [-0.15, -0.1) is 0 Å². The van der Waals surface area contributed by atoms with Gasteiger partial charge >= 0.3 is 0 Å². The number of carbonyl (C=O) groups excluding carboxylic acids is 2. The van der Waals surface area contributed by atoms with Crippen LogP contribution >= 0.6 is 11.8 Å². The Morgan fingerprint density at radius 3 is 3.00 bits per heavy atom. The largest absolute Gasteiger partial charge is 0.454 e. The molecule has 2 fully saturated rings. The molecule has 10 heteroatoms. The van der Waals surface area contributed by atoms with E-state index in [9.17, 15) is 9.59 Å². The summed E-state index contributed by atoms with van der Waals surface area (Å²) >= 11 is 1.59. The van der Waals surface area contributed by atoms with Crippen LogP contribution in [0.1, 0.15) is 37.8 Å². The molecule has 0 spiro atoms. The first-order chi connectivity index (χ1) is 16.2. The Balaban J connectivity index is 1.06. The monoisotopic (exact) mass is 468 g/mol. The third kappa shape index (κ3) is 3.86. The van der Waals surface area contributed by atoms with E-state index >= 15 is 0 Å². The second kappa shape index (κ2) is 8.40. The number of carbonyl (C=O) groups is 2. The molecule has 3 atom stereocenters. The third-order valence-electron chi connectivity index (χ3n) is 6.64. The Morgan fingerprint density at radius 2 is 2.06 bits per heavy atom. The predicted octanol–water partition coefficient (Wildman–Crippen LogP) is 2.95. The zero-order valence-electron chi connectivity index (χ0n) is 18.0. The van der Waals surface area contributed by atoms with Crippen molar-refractivity contribution in [2.24, 2.45) is 10.9 Å². The normalized spacial score (nSPS) is 25.5. The number of hydrogen-bond donors (Lipinski definition) is 1. The van der Waals surface area contributed by atoms with Crippen LogP contribution in [0.5, 0.6) is 11.5 Å². The third-order valence-corrected chi connectivity index (χ3v) is 7.75. The van der Waals surface area contributed by atoms with Gasteiger partial charge in [-0.25, -0.2) is 0 Å². The molecule has 4 aliphatic rings. The van der Waals surface area contributed by atoms with Gasteiger partial charge in [0.2, 0.25) is 18.6 Å². The Kier molecular flexibility index (Phi) is 5.24. The van der Waals surface area contributed by atoms with Gasteiger partial charge in [-0.3, -0.25) is 19.5 Å². The summed E-state index contributed by atoms with van der Waals surface area (Å²) in [6.45, 7) is 0.468. The fraction of sp³-hybridized carbons (Fsp3) is 0.478. The van der Waals surface area contributed by atoms with Crippen molar-refractivity contribution < 1.29 is 23.6 Å². The van der Waals surface area contributed by atoms with Crippen molar-refractivity contribution in [1.82, 2.24) is 15.4 Å². The van der Waals surface area contributed by atoms with E-state index in [0.29, 0.717) is 28.7 Å². The highest BCUT2D eigenvalue weighted by molar-refractivity contribution is 8.14. The maximum Gasteiger partial charge on any atom is 0.234 e. The van der Waals surface area contributed by atoms with Gasteiger partial charge in [0, 0.05) is 23.8 Å². The average Bonchev–Trinajstić information content (AvgIpc) is 3.57. The van der Waals surface area contributed by atoms with E-state index in [0.717, 1.165) is 36.4 Å². The minimum atomic E-state index is -0.148. The molecule has 1 aliphatic carbocycles. The average molecular weight is 469 g/mol. The van der Waals surface area contributed by atoms with Crippen LogP contribution in [0.3, 0.4) is 0 Å². The first-order valence-corrected chi connectivity index (χ1v) is 12.3. The predicted molar refractivity (Wildman–Crippen MR) is 121 cm³/mol. The van der Waals surface area contributed by atoms with E-state index in [4.69, 9.17) is 19.0 Å². The fourth-order valence-electron chi connectivity index (χ4n) is 4.93. The van der Waals surface area contributed by atoms with Gasteiger partial charge in [-0.2, -0.15) is 0 Å². The van der Waals surface area contributed by atoms with E-state index in [2.05, 4.69) is 10.5 Å². The van der Waals surface area contributed by atoms with Crippen molar-refractivity contribution >= 4 is 28.7 Å². The van der Waals surface area contributed by atoms with E-state index in [1.807, 2.05) is 18.2 Å². The van der Waals surface area contributed by atoms with E-state index < -0.39 is 0 Å². The van der Waals surface area contributed by atoms with Gasteiger partial charge in [0.05, 0.1) is 24.5 Å². The Hall–Kier alpha value is -3.01. The molecule has 6 rings (SSSR count). The molecule has 1 aromatic carbocycles. The van der Waals surface area contributed by atoms with E-state index in [-0.39, 0.29) is 49.6 Å². The van der Waals surface area contributed by atoms with Crippen LogP contribution in [-0.2, 0) is 16.1 Å². The van der Waals surface area contributed by atoms with Gasteiger partial charge in [0.15, 0.2) is 22.4 Å². The van der Waals surface area contributed by atoms with Crippen LogP contribution in [-0.4, -0.2) is 51.7 Å². The second-order valence-corrected chi connectivity index (χ2v) is 9.76. The molecule has 2 amide bonds. The summed E-state index contributed by atoms with van der Waals surface area (Å²) in [6.07, 6.45) is 4.36. The summed E-state index contributed by atoms with van der Waals surface area (Å²) in [4.78, 5) is 32.4. The van der Waals surface area contributed by atoms with Crippen molar-refractivity contribution in [3.8, 4) is 22.8 Å². The first kappa shape index (κ1) is 20.6. The second-order valence-electron chi connectivity index (χ2n) is 8.77. The highest BCUT2D eigenvalue weighted by Crippen LogP contribution is 2.39. The number of rotatable bonds is 5. The lowest BCUT2D eigenvalue weighted by Crippen LogP contribution is -2.51. The summed E-state index contributed by atoms with van der Waals surface area (Å²) in [5.41, 5.74) is 1.45. The van der Waals surface area contributed by atoms with Crippen molar-refractivity contribution in [3.63, 3.8) is 0 Å². The number of aliphatic imine (C=N–C) groups is 1. The van der Waals surface area contributed by atoms with E-state index in [1.54, 1.807) is 22.7 Å². The lowest BCUT2D eigenvalue weighted by molar-refractivity contribution is -0.135. The number of thioether (sulfide) groups is 1. The minimum absolute atomic E-state index is 0.0171. The molecule has 0 radical (unpaired) electrons. The smallest absolute Gasteiger partial charge is 0.234 e. The molecule has 4 heterocycles. The zero-order chi connectivity index (χ0) is 22.4. The van der Waals surface area contributed by atoms with Gasteiger partial charge in [-0.05, 0) is 31.0 Å². The number of nitrogens with one attached hydrogen (secondary N) is 1. The van der Waals surface area contributed by atoms with E-state index in [1.165, 1.54) is 0 Å². The Bertz CT molecular complexity index is 1130. The standard InChI is InChI=1S/C23H24N4O5S/c28-21(9-15-11-33-23-25-17-4-2-1-3-16(17)22(29)27(15)23)24-10-14-8-19(32-26-14)13-5-6-18-20(7-13)31-12-30-18/h5-8,15-17H,1-4,9-12H2,(H,24,28). The van der Waals surface area contributed by atoms with Gasteiger partial charge in [-0.1, -0.05) is 29.8 Å². The maximum atomic E-state index is 13.1. The SMILES string of the molecule is O=C(CC1CSC2=NC3CCCCC3C(=O)N21)NCc1cc(-c2ccc3c(c2)OCO3)on1. The zero-order valence-corrected chi connectivity index (χ0v) is 18.8. The Morgan fingerprint density at radius 1 is 1.18 bits per heavy atom. The molecule has 33 heavy (non-hydrogen) atoms. The molecule has 2 aromatic rings. The fourth-order valence-corrected chi connectivity index (χ4v) is 6.12. The molecule has 1 aromatic heterocycles. The van der Waals surface area contributed by atoms with Crippen LogP contribution < -0.4 is 14.8 Å². The number of ether oxygens (including phenoxy) is 2. The number of aromatic nitrogens is 1. The minimum Gasteiger partial charge on any atom is -0.454 e. The summed E-state index contributed by atoms with van der Waals surface area (Å²) < 4.78 is 16.2. The molecular weight excluding hydrogens is 444 g/mol. The number of amides is 2. The van der Waals surface area contributed by atoms with Crippen molar-refractivity contribution in [3.05, 3.63) is 30.0 Å². The number of hydrogen-bond acceptors (Lipinski definition) is 8. The molecule has 1 saturated heterocycles. The lowest BCUT2D eigenvalue weighted by Gasteiger charge is -2.37.